The van der Waals surface area contributed by atoms with Gasteiger partial charge in [-0.1, -0.05) is 66.7 Å². The van der Waals surface area contributed by atoms with E-state index in [-0.39, 0.29) is 16.2 Å². The minimum atomic E-state index is 0.184. The predicted molar refractivity (Wildman–Crippen MR) is 105 cm³/mol. The summed E-state index contributed by atoms with van der Waals surface area (Å²) in [4.78, 5) is 2.69. The van der Waals surface area contributed by atoms with Crippen LogP contribution in [0.5, 0.6) is 0 Å². The van der Waals surface area contributed by atoms with E-state index in [4.69, 9.17) is 0 Å². The largest absolute Gasteiger partial charge is 0.299 e. The lowest BCUT2D eigenvalue weighted by molar-refractivity contribution is -0.153. The van der Waals surface area contributed by atoms with Crippen LogP contribution >= 0.6 is 0 Å². The van der Waals surface area contributed by atoms with Crippen molar-refractivity contribution in [2.75, 3.05) is 7.05 Å². The molecule has 0 aromatic heterocycles. The smallest absolute Gasteiger partial charge is 0.0221 e. The van der Waals surface area contributed by atoms with Gasteiger partial charge < -0.3 is 0 Å². The first-order chi connectivity index (χ1) is 10.9. The zero-order valence-corrected chi connectivity index (χ0v) is 17.5. The van der Waals surface area contributed by atoms with E-state index in [1.807, 2.05) is 0 Å². The summed E-state index contributed by atoms with van der Waals surface area (Å²) in [6.07, 6.45) is 0. The number of aryl methyl sites for hydroxylation is 1. The average molecular weight is 328 g/mol. The lowest BCUT2D eigenvalue weighted by Crippen LogP contribution is -2.74. The van der Waals surface area contributed by atoms with Crippen LogP contribution in [0.4, 0.5) is 0 Å². The Kier molecular flexibility index (Phi) is 3.82. The van der Waals surface area contributed by atoms with Gasteiger partial charge in [0.1, 0.15) is 0 Å². The summed E-state index contributed by atoms with van der Waals surface area (Å²) in [5.41, 5.74) is 5.38. The summed E-state index contributed by atoms with van der Waals surface area (Å²) in [5, 5.41) is 0. The van der Waals surface area contributed by atoms with Gasteiger partial charge >= 0.3 is 0 Å². The third-order valence-electron chi connectivity index (χ3n) is 8.09. The molecule has 24 heavy (non-hydrogen) atoms. The maximum atomic E-state index is 2.69. The summed E-state index contributed by atoms with van der Waals surface area (Å²) >= 11 is 0. The van der Waals surface area contributed by atoms with Crippen molar-refractivity contribution in [1.29, 1.82) is 0 Å². The molecule has 3 unspecified atom stereocenters. The highest BCUT2D eigenvalue weighted by atomic mass is 15.2. The van der Waals surface area contributed by atoms with E-state index in [2.05, 4.69) is 92.5 Å². The van der Waals surface area contributed by atoms with Crippen molar-refractivity contribution in [1.82, 2.24) is 4.90 Å². The lowest BCUT2D eigenvalue weighted by Gasteiger charge is -2.72. The number of fused-ring (bicyclic) bond motifs is 4. The van der Waals surface area contributed by atoms with Gasteiger partial charge in [-0.3, -0.25) is 4.90 Å². The Bertz CT molecular complexity index is 650. The van der Waals surface area contributed by atoms with E-state index in [1.54, 1.807) is 11.1 Å². The summed E-state index contributed by atoms with van der Waals surface area (Å²) in [6.45, 7) is 22.3. The van der Waals surface area contributed by atoms with E-state index in [1.165, 1.54) is 5.56 Å². The first-order valence-corrected chi connectivity index (χ1v) is 9.72. The molecule has 0 N–H and O–H groups in total. The topological polar surface area (TPSA) is 3.24 Å². The number of benzene rings is 1. The standard InChI is InChI=1S/C23H37N/c1-14-12-11-13-18-15(2)20-22(8,9)23(19(14)18,21(5,6)7)16(3)17(4)24(20)10/h11-13,15-17,20H,1-10H3/t15?,16?,17?,20-,23+/m1/s1. The predicted octanol–water partition coefficient (Wildman–Crippen LogP) is 5.76. The SMILES string of the molecule is Cc1cccc2c1[C@]1(C(C)(C)C)C(C)C(C)N(C)[C@H](C2C)C1(C)C. The Balaban J connectivity index is 2.50. The van der Waals surface area contributed by atoms with E-state index in [0.717, 1.165) is 0 Å². The fourth-order valence-corrected chi connectivity index (χ4v) is 7.63. The molecule has 0 radical (unpaired) electrons. The Morgan fingerprint density at radius 3 is 2.17 bits per heavy atom. The summed E-state index contributed by atoms with van der Waals surface area (Å²) in [6, 6.07) is 8.19. The van der Waals surface area contributed by atoms with Gasteiger partial charge in [0.05, 0.1) is 0 Å². The molecule has 2 aliphatic rings. The van der Waals surface area contributed by atoms with Crippen LogP contribution in [0, 0.1) is 23.7 Å². The second kappa shape index (κ2) is 5.10. The van der Waals surface area contributed by atoms with Crippen molar-refractivity contribution in [2.24, 2.45) is 16.7 Å². The first kappa shape index (κ1) is 18.0. The van der Waals surface area contributed by atoms with Crippen molar-refractivity contribution in [3.63, 3.8) is 0 Å². The third kappa shape index (κ3) is 1.80. The van der Waals surface area contributed by atoms with Gasteiger partial charge in [-0.2, -0.15) is 0 Å². The summed E-state index contributed by atoms with van der Waals surface area (Å²) < 4.78 is 0. The molecule has 0 amide bonds. The Morgan fingerprint density at radius 1 is 1.04 bits per heavy atom. The van der Waals surface area contributed by atoms with Crippen molar-refractivity contribution in [2.45, 2.75) is 85.7 Å². The number of likely N-dealkylation sites (N-methyl/N-ethyl adjacent to an activating group) is 1. The van der Waals surface area contributed by atoms with E-state index in [9.17, 15) is 0 Å². The van der Waals surface area contributed by atoms with Crippen LogP contribution in [0.2, 0.25) is 0 Å². The second-order valence-corrected chi connectivity index (χ2v) is 10.2. The number of nitrogens with zero attached hydrogens (tertiary/aromatic N) is 1. The number of hydrogen-bond donors (Lipinski definition) is 0. The average Bonchev–Trinajstić information content (AvgIpc) is 2.44. The molecule has 1 aromatic rings. The molecular weight excluding hydrogens is 290 g/mol. The van der Waals surface area contributed by atoms with Gasteiger partial charge in [0.25, 0.3) is 0 Å². The van der Waals surface area contributed by atoms with Crippen LogP contribution in [0.1, 0.15) is 78.0 Å². The van der Waals surface area contributed by atoms with E-state index < -0.39 is 0 Å². The molecule has 1 aromatic carbocycles. The zero-order chi connectivity index (χ0) is 18.2. The van der Waals surface area contributed by atoms with Gasteiger partial charge in [-0.05, 0) is 60.3 Å². The van der Waals surface area contributed by atoms with Crippen LogP contribution in [-0.2, 0) is 5.41 Å². The van der Waals surface area contributed by atoms with Crippen molar-refractivity contribution >= 4 is 0 Å². The highest BCUT2D eigenvalue weighted by Crippen LogP contribution is 2.69. The molecular formula is C23H37N. The molecule has 0 saturated carbocycles. The maximum Gasteiger partial charge on any atom is 0.0221 e. The summed E-state index contributed by atoms with van der Waals surface area (Å²) in [7, 11) is 2.36. The molecule has 2 bridgehead atoms. The van der Waals surface area contributed by atoms with E-state index in [0.29, 0.717) is 23.9 Å². The van der Waals surface area contributed by atoms with Crippen LogP contribution in [0.3, 0.4) is 0 Å². The van der Waals surface area contributed by atoms with Gasteiger partial charge in [0.15, 0.2) is 0 Å². The fraction of sp³-hybridized carbons (Fsp3) is 0.739. The molecule has 1 heteroatoms. The monoisotopic (exact) mass is 327 g/mol. The molecule has 0 spiro atoms. The zero-order valence-electron chi connectivity index (χ0n) is 17.5. The van der Waals surface area contributed by atoms with Crippen molar-refractivity contribution in [3.05, 3.63) is 34.9 Å². The van der Waals surface area contributed by atoms with Gasteiger partial charge in [-0.15, -0.1) is 0 Å². The molecule has 134 valence electrons. The number of piperidine rings is 1. The molecule has 5 atom stereocenters. The molecule has 1 aliphatic carbocycles. The molecule has 1 aliphatic heterocycles. The van der Waals surface area contributed by atoms with Crippen molar-refractivity contribution < 1.29 is 0 Å². The normalized spacial score (nSPS) is 38.8. The van der Waals surface area contributed by atoms with Crippen LogP contribution < -0.4 is 0 Å². The van der Waals surface area contributed by atoms with Crippen LogP contribution in [0.25, 0.3) is 0 Å². The van der Waals surface area contributed by atoms with Crippen molar-refractivity contribution in [3.8, 4) is 0 Å². The quantitative estimate of drug-likeness (QED) is 0.585. The molecule has 1 fully saturated rings. The maximum absolute atomic E-state index is 2.69. The molecule has 3 rings (SSSR count). The molecule has 1 heterocycles. The number of rotatable bonds is 0. The minimum absolute atomic E-state index is 0.184. The van der Waals surface area contributed by atoms with Gasteiger partial charge in [0, 0.05) is 17.5 Å². The van der Waals surface area contributed by atoms with E-state index >= 15 is 0 Å². The molecule has 1 nitrogen and oxygen atoms in total. The minimum Gasteiger partial charge on any atom is -0.299 e. The van der Waals surface area contributed by atoms with Gasteiger partial charge in [0.2, 0.25) is 0 Å². The Hall–Kier alpha value is -0.820. The Labute approximate surface area is 149 Å². The third-order valence-corrected chi connectivity index (χ3v) is 8.09. The van der Waals surface area contributed by atoms with Crippen LogP contribution in [-0.4, -0.2) is 24.0 Å². The highest BCUT2D eigenvalue weighted by Gasteiger charge is 2.68. The molecule has 1 saturated heterocycles. The highest BCUT2D eigenvalue weighted by molar-refractivity contribution is 5.51. The fourth-order valence-electron chi connectivity index (χ4n) is 7.63. The lowest BCUT2D eigenvalue weighted by atomic mass is 9.37. The van der Waals surface area contributed by atoms with Gasteiger partial charge in [-0.25, -0.2) is 0 Å². The first-order valence-electron chi connectivity index (χ1n) is 9.72. The number of likely N-dealkylation sites (tertiary alicyclic amines) is 1. The summed E-state index contributed by atoms with van der Waals surface area (Å²) in [5.74, 6) is 1.19. The van der Waals surface area contributed by atoms with Crippen LogP contribution in [0.15, 0.2) is 18.2 Å². The Morgan fingerprint density at radius 2 is 1.62 bits per heavy atom. The second-order valence-electron chi connectivity index (χ2n) is 10.2. The number of hydrogen-bond acceptors (Lipinski definition) is 1.